The fourth-order valence-corrected chi connectivity index (χ4v) is 2.04. The number of rotatable bonds is 3. The number of nitrogens with zero attached hydrogens (tertiary/aromatic N) is 3. The molecule has 0 bridgehead atoms. The van der Waals surface area contributed by atoms with Gasteiger partial charge in [0.05, 0.1) is 5.39 Å². The van der Waals surface area contributed by atoms with Gasteiger partial charge in [0.2, 0.25) is 0 Å². The van der Waals surface area contributed by atoms with E-state index in [9.17, 15) is 4.79 Å². The molecule has 0 aliphatic heterocycles. The highest BCUT2D eigenvalue weighted by atomic mass is 79.9. The first-order valence-electron chi connectivity index (χ1n) is 5.46. The summed E-state index contributed by atoms with van der Waals surface area (Å²) in [4.78, 5) is 18.1. The van der Waals surface area contributed by atoms with E-state index in [-0.39, 0.29) is 5.91 Å². The van der Waals surface area contributed by atoms with Crippen molar-refractivity contribution in [3.63, 3.8) is 0 Å². The number of pyridine rings is 1. The molecule has 1 amide bonds. The summed E-state index contributed by atoms with van der Waals surface area (Å²) in [5.41, 5.74) is 1.06. The summed E-state index contributed by atoms with van der Waals surface area (Å²) in [5.74, 6) is -0.0441. The van der Waals surface area contributed by atoms with Crippen LogP contribution >= 0.6 is 15.9 Å². The number of nitrogens with one attached hydrogen (secondary N) is 1. The van der Waals surface area contributed by atoms with Crippen molar-refractivity contribution in [3.8, 4) is 0 Å². The van der Waals surface area contributed by atoms with Crippen LogP contribution in [0.25, 0.3) is 11.0 Å². The highest BCUT2D eigenvalue weighted by molar-refractivity contribution is 9.10. The third-order valence-corrected chi connectivity index (χ3v) is 3.07. The van der Waals surface area contributed by atoms with Crippen molar-refractivity contribution in [1.29, 1.82) is 0 Å². The largest absolute Gasteiger partial charge is 0.338 e. The van der Waals surface area contributed by atoms with Crippen molar-refractivity contribution in [2.24, 2.45) is 0 Å². The lowest BCUT2D eigenvalue weighted by Crippen LogP contribution is -2.30. The average molecular weight is 297 g/mol. The highest BCUT2D eigenvalue weighted by Crippen LogP contribution is 2.19. The Balaban J connectivity index is 2.48. The molecule has 0 unspecified atom stereocenters. The number of H-pyrrole nitrogens is 1. The van der Waals surface area contributed by atoms with Gasteiger partial charge in [-0.1, -0.05) is 0 Å². The summed E-state index contributed by atoms with van der Waals surface area (Å²) < 4.78 is 0.833. The fourth-order valence-electron chi connectivity index (χ4n) is 1.71. The Morgan fingerprint density at radius 3 is 2.82 bits per heavy atom. The summed E-state index contributed by atoms with van der Waals surface area (Å²) in [5, 5.41) is 7.54. The number of aromatic amines is 1. The number of aromatic nitrogens is 3. The van der Waals surface area contributed by atoms with Gasteiger partial charge in [-0.3, -0.25) is 9.89 Å². The van der Waals surface area contributed by atoms with E-state index in [0.717, 1.165) is 9.86 Å². The van der Waals surface area contributed by atoms with Crippen LogP contribution in [-0.4, -0.2) is 39.1 Å². The first-order valence-corrected chi connectivity index (χ1v) is 6.25. The maximum absolute atomic E-state index is 12.2. The third kappa shape index (κ3) is 2.17. The zero-order valence-corrected chi connectivity index (χ0v) is 11.3. The molecule has 2 aromatic rings. The van der Waals surface area contributed by atoms with E-state index in [1.54, 1.807) is 11.1 Å². The second kappa shape index (κ2) is 4.83. The third-order valence-electron chi connectivity index (χ3n) is 2.64. The minimum atomic E-state index is -0.0441. The van der Waals surface area contributed by atoms with Crippen LogP contribution in [0.1, 0.15) is 24.3 Å². The molecule has 2 aromatic heterocycles. The summed E-state index contributed by atoms with van der Waals surface area (Å²) in [6.07, 6.45) is 1.66. The number of carbonyl (C=O) groups excluding carboxylic acids is 1. The first kappa shape index (κ1) is 12.0. The quantitative estimate of drug-likeness (QED) is 0.944. The lowest BCUT2D eigenvalue weighted by molar-refractivity contribution is 0.0769. The molecule has 0 atom stereocenters. The van der Waals surface area contributed by atoms with Crippen molar-refractivity contribution in [2.45, 2.75) is 13.8 Å². The molecule has 0 spiro atoms. The van der Waals surface area contributed by atoms with Crippen molar-refractivity contribution in [1.82, 2.24) is 20.1 Å². The molecule has 6 heteroatoms. The smallest absolute Gasteiger partial charge is 0.272 e. The molecule has 1 N–H and O–H groups in total. The molecule has 0 fully saturated rings. The van der Waals surface area contributed by atoms with Crippen molar-refractivity contribution in [3.05, 3.63) is 22.4 Å². The van der Waals surface area contributed by atoms with Crippen molar-refractivity contribution < 1.29 is 4.79 Å². The maximum atomic E-state index is 12.2. The van der Waals surface area contributed by atoms with Gasteiger partial charge in [-0.25, -0.2) is 4.98 Å². The van der Waals surface area contributed by atoms with Crippen LogP contribution < -0.4 is 0 Å². The van der Waals surface area contributed by atoms with E-state index in [1.165, 1.54) is 0 Å². The molecular formula is C11H13BrN4O. The van der Waals surface area contributed by atoms with Gasteiger partial charge in [0.25, 0.3) is 5.91 Å². The second-order valence-electron chi connectivity index (χ2n) is 3.60. The number of fused-ring (bicyclic) bond motifs is 1. The molecule has 2 heterocycles. The molecule has 2 rings (SSSR count). The van der Waals surface area contributed by atoms with Crippen LogP contribution in [0.4, 0.5) is 0 Å². The maximum Gasteiger partial charge on any atom is 0.272 e. The topological polar surface area (TPSA) is 61.9 Å². The first-order chi connectivity index (χ1) is 8.17. The monoisotopic (exact) mass is 296 g/mol. The van der Waals surface area contributed by atoms with E-state index in [2.05, 4.69) is 31.1 Å². The number of carbonyl (C=O) groups is 1. The van der Waals surface area contributed by atoms with Gasteiger partial charge in [-0.05, 0) is 35.8 Å². The van der Waals surface area contributed by atoms with Gasteiger partial charge in [0.15, 0.2) is 5.65 Å². The number of halogens is 1. The van der Waals surface area contributed by atoms with Crippen LogP contribution in [0.15, 0.2) is 16.7 Å². The molecule has 17 heavy (non-hydrogen) atoms. The van der Waals surface area contributed by atoms with Crippen LogP contribution in [0.5, 0.6) is 0 Å². The summed E-state index contributed by atoms with van der Waals surface area (Å²) in [7, 11) is 0. The molecule has 0 saturated heterocycles. The number of amides is 1. The summed E-state index contributed by atoms with van der Waals surface area (Å²) >= 11 is 3.34. The highest BCUT2D eigenvalue weighted by Gasteiger charge is 2.18. The van der Waals surface area contributed by atoms with Crippen LogP contribution in [-0.2, 0) is 0 Å². The molecule has 0 saturated carbocycles. The van der Waals surface area contributed by atoms with Gasteiger partial charge in [-0.2, -0.15) is 5.10 Å². The number of hydrogen-bond acceptors (Lipinski definition) is 3. The van der Waals surface area contributed by atoms with Gasteiger partial charge < -0.3 is 4.90 Å². The minimum absolute atomic E-state index is 0.0441. The Hall–Kier alpha value is -1.43. The molecular weight excluding hydrogens is 284 g/mol. The predicted molar refractivity (Wildman–Crippen MR) is 68.8 cm³/mol. The Morgan fingerprint density at radius 2 is 2.18 bits per heavy atom. The van der Waals surface area contributed by atoms with Gasteiger partial charge in [0, 0.05) is 23.8 Å². The van der Waals surface area contributed by atoms with Gasteiger partial charge in [-0.15, -0.1) is 0 Å². The zero-order valence-electron chi connectivity index (χ0n) is 9.70. The van der Waals surface area contributed by atoms with Crippen molar-refractivity contribution >= 4 is 32.9 Å². The second-order valence-corrected chi connectivity index (χ2v) is 4.52. The normalized spacial score (nSPS) is 10.8. The molecule has 0 aliphatic carbocycles. The predicted octanol–water partition coefficient (Wildman–Crippen LogP) is 2.20. The number of hydrogen-bond donors (Lipinski definition) is 1. The van der Waals surface area contributed by atoms with E-state index in [1.807, 2.05) is 19.9 Å². The molecule has 5 nitrogen and oxygen atoms in total. The Labute approximate surface area is 107 Å². The Bertz CT molecular complexity index is 547. The SMILES string of the molecule is CCN(CC)C(=O)c1[nH]nc2ncc(Br)cc12. The zero-order chi connectivity index (χ0) is 12.4. The lowest BCUT2D eigenvalue weighted by Gasteiger charge is -2.17. The van der Waals surface area contributed by atoms with E-state index in [0.29, 0.717) is 24.4 Å². The van der Waals surface area contributed by atoms with E-state index in [4.69, 9.17) is 0 Å². The lowest BCUT2D eigenvalue weighted by atomic mass is 10.2. The van der Waals surface area contributed by atoms with Crippen LogP contribution in [0, 0.1) is 0 Å². The fraction of sp³-hybridized carbons (Fsp3) is 0.364. The molecule has 0 aromatic carbocycles. The van der Waals surface area contributed by atoms with Gasteiger partial charge in [0.1, 0.15) is 5.69 Å². The molecule has 0 aliphatic rings. The molecule has 0 radical (unpaired) electrons. The standard InChI is InChI=1S/C11H13BrN4O/c1-3-16(4-2)11(17)9-8-5-7(12)6-13-10(8)15-14-9/h5-6H,3-4H2,1-2H3,(H,13,14,15). The Kier molecular flexibility index (Phi) is 3.42. The van der Waals surface area contributed by atoms with E-state index >= 15 is 0 Å². The Morgan fingerprint density at radius 1 is 1.47 bits per heavy atom. The van der Waals surface area contributed by atoms with Crippen molar-refractivity contribution in [2.75, 3.05) is 13.1 Å². The van der Waals surface area contributed by atoms with Gasteiger partial charge >= 0.3 is 0 Å². The molecule has 90 valence electrons. The average Bonchev–Trinajstić information content (AvgIpc) is 2.73. The van der Waals surface area contributed by atoms with Crippen LogP contribution in [0.3, 0.4) is 0 Å². The van der Waals surface area contributed by atoms with E-state index < -0.39 is 0 Å². The van der Waals surface area contributed by atoms with Crippen LogP contribution in [0.2, 0.25) is 0 Å². The summed E-state index contributed by atoms with van der Waals surface area (Å²) in [6.45, 7) is 5.26. The minimum Gasteiger partial charge on any atom is -0.338 e. The summed E-state index contributed by atoms with van der Waals surface area (Å²) in [6, 6.07) is 1.85.